The number of amides is 1. The van der Waals surface area contributed by atoms with Gasteiger partial charge in [0.25, 0.3) is 0 Å². The number of hydrogen-bond acceptors (Lipinski definition) is 5. The van der Waals surface area contributed by atoms with Crippen LogP contribution in [0.4, 0.5) is 36.8 Å². The summed E-state index contributed by atoms with van der Waals surface area (Å²) < 4.78 is 96.1. The van der Waals surface area contributed by atoms with Gasteiger partial charge in [-0.2, -0.15) is 26.3 Å². The maximum absolute atomic E-state index is 13.4. The first-order valence-electron chi connectivity index (χ1n) is 10.9. The highest BCUT2D eigenvalue weighted by Crippen LogP contribution is 2.49. The average molecular weight is 521 g/mol. The van der Waals surface area contributed by atoms with E-state index in [1.165, 1.54) is 31.3 Å². The summed E-state index contributed by atoms with van der Waals surface area (Å²) in [5.74, 6) is -0.553. The van der Waals surface area contributed by atoms with E-state index in [9.17, 15) is 36.2 Å². The molecule has 0 saturated heterocycles. The molecule has 0 unspecified atom stereocenters. The molecule has 2 aromatic rings. The summed E-state index contributed by atoms with van der Waals surface area (Å²) in [6.07, 6.45) is -12.6. The van der Waals surface area contributed by atoms with Gasteiger partial charge >= 0.3 is 18.4 Å². The third kappa shape index (κ3) is 5.32. The number of alkyl halides is 6. The zero-order valence-corrected chi connectivity index (χ0v) is 19.8. The molecule has 1 heterocycles. The number of benzene rings is 2. The fourth-order valence-corrected chi connectivity index (χ4v) is 4.38. The summed E-state index contributed by atoms with van der Waals surface area (Å²) in [6.45, 7) is 3.31. The van der Waals surface area contributed by atoms with Gasteiger partial charge in [-0.3, -0.25) is 4.90 Å². The first-order chi connectivity index (χ1) is 16.7. The molecule has 0 aliphatic carbocycles. The highest BCUT2D eigenvalue weighted by atomic mass is 19.4. The lowest BCUT2D eigenvalue weighted by Gasteiger charge is -2.40. The SMILES string of the molecule is CCOC(=O)N1c2cc(OC)c(OC)cc2[C@@H]([C@@H](O)c2cc(C(F)(F)F)cc(C(F)(F)F)c2)C[C@@H]1C. The second-order valence-corrected chi connectivity index (χ2v) is 8.31. The third-order valence-corrected chi connectivity index (χ3v) is 6.02. The van der Waals surface area contributed by atoms with Gasteiger partial charge in [0.05, 0.1) is 43.7 Å². The average Bonchev–Trinajstić information content (AvgIpc) is 2.80. The normalized spacial score (nSPS) is 18.9. The maximum Gasteiger partial charge on any atom is 0.416 e. The number of carbonyl (C=O) groups excluding carboxylic acids is 1. The van der Waals surface area contributed by atoms with E-state index in [0.717, 1.165) is 0 Å². The van der Waals surface area contributed by atoms with Crippen LogP contribution < -0.4 is 14.4 Å². The highest BCUT2D eigenvalue weighted by molar-refractivity contribution is 5.91. The second-order valence-electron chi connectivity index (χ2n) is 8.31. The molecule has 3 atom stereocenters. The van der Waals surface area contributed by atoms with Crippen molar-refractivity contribution in [1.29, 1.82) is 0 Å². The fraction of sp³-hybridized carbons (Fsp3) is 0.458. The summed E-state index contributed by atoms with van der Waals surface area (Å²) in [4.78, 5) is 14.0. The summed E-state index contributed by atoms with van der Waals surface area (Å²) in [6, 6.07) is 3.28. The van der Waals surface area contributed by atoms with Crippen LogP contribution >= 0.6 is 0 Å². The molecule has 0 fully saturated rings. The van der Waals surface area contributed by atoms with Crippen molar-refractivity contribution in [2.75, 3.05) is 25.7 Å². The zero-order chi connectivity index (χ0) is 27.0. The minimum atomic E-state index is -5.06. The van der Waals surface area contributed by atoms with Crippen LogP contribution in [0.25, 0.3) is 0 Å². The third-order valence-electron chi connectivity index (χ3n) is 6.02. The number of aliphatic hydroxyl groups is 1. The smallest absolute Gasteiger partial charge is 0.416 e. The molecule has 12 heteroatoms. The minimum Gasteiger partial charge on any atom is -0.493 e. The first kappa shape index (κ1) is 27.4. The maximum atomic E-state index is 13.4. The largest absolute Gasteiger partial charge is 0.493 e. The second kappa shape index (κ2) is 10.1. The van der Waals surface area contributed by atoms with Crippen LogP contribution in [0.2, 0.25) is 0 Å². The van der Waals surface area contributed by atoms with Gasteiger partial charge in [-0.25, -0.2) is 4.79 Å². The molecule has 3 rings (SSSR count). The van der Waals surface area contributed by atoms with Gasteiger partial charge in [0.1, 0.15) is 0 Å². The Labute approximate surface area is 203 Å². The number of ether oxygens (including phenoxy) is 3. The Morgan fingerprint density at radius 1 is 1.00 bits per heavy atom. The number of rotatable bonds is 5. The van der Waals surface area contributed by atoms with Crippen molar-refractivity contribution in [1.82, 2.24) is 0 Å². The Balaban J connectivity index is 2.20. The van der Waals surface area contributed by atoms with Crippen molar-refractivity contribution in [3.63, 3.8) is 0 Å². The van der Waals surface area contributed by atoms with E-state index in [-0.39, 0.29) is 41.8 Å². The molecule has 198 valence electrons. The number of hydrogen-bond donors (Lipinski definition) is 1. The number of carbonyl (C=O) groups is 1. The molecule has 6 nitrogen and oxygen atoms in total. The molecule has 1 aliphatic heterocycles. The lowest BCUT2D eigenvalue weighted by atomic mass is 9.79. The van der Waals surface area contributed by atoms with Crippen molar-refractivity contribution in [2.24, 2.45) is 0 Å². The van der Waals surface area contributed by atoms with Crippen molar-refractivity contribution in [2.45, 2.75) is 50.7 Å². The van der Waals surface area contributed by atoms with Crippen molar-refractivity contribution < 1.29 is 50.5 Å². The predicted molar refractivity (Wildman–Crippen MR) is 117 cm³/mol. The monoisotopic (exact) mass is 521 g/mol. The molecule has 1 N–H and O–H groups in total. The van der Waals surface area contributed by atoms with Crippen LogP contribution in [0, 0.1) is 0 Å². The van der Waals surface area contributed by atoms with Crippen LogP contribution in [0.5, 0.6) is 11.5 Å². The van der Waals surface area contributed by atoms with E-state index in [1.54, 1.807) is 13.8 Å². The standard InChI is InChI=1S/C24H25F6NO5/c1-5-36-22(33)31-12(2)6-17(16-10-19(34-3)20(35-4)11-18(16)31)21(32)13-7-14(23(25,26)27)9-15(8-13)24(28,29)30/h7-12,17,21,32H,5-6H2,1-4H3/t12-,17-,21-/m0/s1. The predicted octanol–water partition coefficient (Wildman–Crippen LogP) is 6.31. The molecule has 1 aliphatic rings. The lowest BCUT2D eigenvalue weighted by molar-refractivity contribution is -0.143. The quantitative estimate of drug-likeness (QED) is 0.467. The van der Waals surface area contributed by atoms with E-state index in [4.69, 9.17) is 14.2 Å². The number of nitrogens with zero attached hydrogens (tertiary/aromatic N) is 1. The summed E-state index contributed by atoms with van der Waals surface area (Å²) in [5, 5.41) is 11.2. The molecule has 0 spiro atoms. The summed E-state index contributed by atoms with van der Waals surface area (Å²) >= 11 is 0. The topological polar surface area (TPSA) is 68.2 Å². The summed E-state index contributed by atoms with van der Waals surface area (Å²) in [5.41, 5.74) is -3.11. The molecule has 2 aromatic carbocycles. The van der Waals surface area contributed by atoms with E-state index >= 15 is 0 Å². The Hall–Kier alpha value is -3.15. The zero-order valence-electron chi connectivity index (χ0n) is 19.8. The van der Waals surface area contributed by atoms with Crippen molar-refractivity contribution in [3.05, 3.63) is 52.6 Å². The van der Waals surface area contributed by atoms with E-state index in [1.807, 2.05) is 0 Å². The van der Waals surface area contributed by atoms with Gasteiger partial charge in [0.2, 0.25) is 0 Å². The molecule has 0 radical (unpaired) electrons. The summed E-state index contributed by atoms with van der Waals surface area (Å²) in [7, 11) is 2.70. The molecular formula is C24H25F6NO5. The number of halogens is 6. The fourth-order valence-electron chi connectivity index (χ4n) is 4.38. The Bertz CT molecular complexity index is 1090. The van der Waals surface area contributed by atoms with Gasteiger partial charge in [0, 0.05) is 18.0 Å². The number of methoxy groups -OCH3 is 2. The van der Waals surface area contributed by atoms with Gasteiger partial charge < -0.3 is 19.3 Å². The van der Waals surface area contributed by atoms with Crippen LogP contribution in [0.1, 0.15) is 54.5 Å². The first-order valence-corrected chi connectivity index (χ1v) is 10.9. The minimum absolute atomic E-state index is 0.00401. The highest BCUT2D eigenvalue weighted by Gasteiger charge is 2.42. The van der Waals surface area contributed by atoms with E-state index in [2.05, 4.69) is 0 Å². The molecule has 1 amide bonds. The Morgan fingerprint density at radius 2 is 1.53 bits per heavy atom. The number of anilines is 1. The lowest BCUT2D eigenvalue weighted by Crippen LogP contribution is -2.44. The Kier molecular flexibility index (Phi) is 7.68. The number of fused-ring (bicyclic) bond motifs is 1. The molecule has 0 saturated carbocycles. The number of aliphatic hydroxyl groups excluding tert-OH is 1. The molecule has 0 aromatic heterocycles. The van der Waals surface area contributed by atoms with Crippen LogP contribution in [-0.4, -0.2) is 38.1 Å². The van der Waals surface area contributed by atoms with E-state index in [0.29, 0.717) is 12.1 Å². The Morgan fingerprint density at radius 3 is 2.00 bits per heavy atom. The molecule has 36 heavy (non-hydrogen) atoms. The van der Waals surface area contributed by atoms with Crippen LogP contribution in [0.15, 0.2) is 30.3 Å². The van der Waals surface area contributed by atoms with Gasteiger partial charge in [-0.15, -0.1) is 0 Å². The van der Waals surface area contributed by atoms with Gasteiger partial charge in [-0.05, 0) is 55.7 Å². The van der Waals surface area contributed by atoms with Gasteiger partial charge in [-0.1, -0.05) is 0 Å². The molecular weight excluding hydrogens is 496 g/mol. The van der Waals surface area contributed by atoms with E-state index < -0.39 is 53.2 Å². The van der Waals surface area contributed by atoms with Crippen LogP contribution in [0.3, 0.4) is 0 Å². The van der Waals surface area contributed by atoms with Crippen molar-refractivity contribution >= 4 is 11.8 Å². The van der Waals surface area contributed by atoms with Crippen molar-refractivity contribution in [3.8, 4) is 11.5 Å². The van der Waals surface area contributed by atoms with Gasteiger partial charge in [0.15, 0.2) is 11.5 Å². The van der Waals surface area contributed by atoms with Crippen LogP contribution in [-0.2, 0) is 17.1 Å². The molecule has 0 bridgehead atoms.